The van der Waals surface area contributed by atoms with E-state index in [2.05, 4.69) is 5.32 Å². The van der Waals surface area contributed by atoms with Gasteiger partial charge in [-0.05, 0) is 25.0 Å². The Morgan fingerprint density at radius 2 is 2.00 bits per heavy atom. The van der Waals surface area contributed by atoms with Gasteiger partial charge in [0.2, 0.25) is 11.8 Å². The van der Waals surface area contributed by atoms with Gasteiger partial charge in [-0.25, -0.2) is 0 Å². The summed E-state index contributed by atoms with van der Waals surface area (Å²) in [5.41, 5.74) is 0. The molecule has 2 amide bonds. The molecule has 1 heterocycles. The Bertz CT molecular complexity index is 448. The molecular formula is C16H24N2O3. The predicted molar refractivity (Wildman–Crippen MR) is 79.4 cm³/mol. The van der Waals surface area contributed by atoms with Crippen LogP contribution in [0, 0.1) is 0 Å². The fourth-order valence-corrected chi connectivity index (χ4v) is 2.74. The van der Waals surface area contributed by atoms with Crippen LogP contribution in [0.3, 0.4) is 0 Å². The van der Waals surface area contributed by atoms with Crippen LogP contribution in [0.2, 0.25) is 0 Å². The third-order valence-electron chi connectivity index (χ3n) is 3.93. The molecule has 5 nitrogen and oxygen atoms in total. The molecule has 0 aliphatic heterocycles. The molecular weight excluding hydrogens is 268 g/mol. The first-order valence-electron chi connectivity index (χ1n) is 7.72. The van der Waals surface area contributed by atoms with Crippen molar-refractivity contribution in [2.45, 2.75) is 58.0 Å². The van der Waals surface area contributed by atoms with Gasteiger partial charge in [-0.2, -0.15) is 0 Å². The molecule has 0 atom stereocenters. The number of nitrogens with zero attached hydrogens (tertiary/aromatic N) is 1. The quantitative estimate of drug-likeness (QED) is 0.848. The first-order valence-corrected chi connectivity index (χ1v) is 7.72. The average Bonchev–Trinajstić information content (AvgIpc) is 2.81. The molecule has 5 heteroatoms. The number of rotatable bonds is 5. The Morgan fingerprint density at radius 3 is 2.57 bits per heavy atom. The molecule has 0 radical (unpaired) electrons. The van der Waals surface area contributed by atoms with Gasteiger partial charge in [0, 0.05) is 13.0 Å². The number of carbonyl (C=O) groups excluding carboxylic acids is 2. The lowest BCUT2D eigenvalue weighted by Crippen LogP contribution is -2.43. The topological polar surface area (TPSA) is 62.6 Å². The summed E-state index contributed by atoms with van der Waals surface area (Å²) in [4.78, 5) is 25.3. The maximum absolute atomic E-state index is 12.1. The van der Waals surface area contributed by atoms with Crippen LogP contribution >= 0.6 is 0 Å². The van der Waals surface area contributed by atoms with E-state index in [1.807, 2.05) is 0 Å². The SMILES string of the molecule is CC(=O)N(CC(=O)NC1CCCCCC1)Cc1ccco1. The van der Waals surface area contributed by atoms with Crippen molar-refractivity contribution >= 4 is 11.8 Å². The van der Waals surface area contributed by atoms with E-state index in [0.717, 1.165) is 12.8 Å². The van der Waals surface area contributed by atoms with Crippen molar-refractivity contribution < 1.29 is 14.0 Å². The van der Waals surface area contributed by atoms with Crippen LogP contribution in [0.4, 0.5) is 0 Å². The molecule has 0 bridgehead atoms. The van der Waals surface area contributed by atoms with Gasteiger partial charge in [-0.3, -0.25) is 9.59 Å². The lowest BCUT2D eigenvalue weighted by molar-refractivity contribution is -0.135. The van der Waals surface area contributed by atoms with Crippen LogP contribution in [-0.2, 0) is 16.1 Å². The largest absolute Gasteiger partial charge is 0.467 e. The van der Waals surface area contributed by atoms with Gasteiger partial charge < -0.3 is 14.6 Å². The standard InChI is InChI=1S/C16H24N2O3/c1-13(19)18(11-15-9-6-10-21-15)12-16(20)17-14-7-4-2-3-5-8-14/h6,9-10,14H,2-5,7-8,11-12H2,1H3,(H,17,20). The van der Waals surface area contributed by atoms with Crippen LogP contribution in [0.15, 0.2) is 22.8 Å². The number of amides is 2. The molecule has 2 rings (SSSR count). The summed E-state index contributed by atoms with van der Waals surface area (Å²) in [6.07, 6.45) is 8.52. The number of hydrogen-bond acceptors (Lipinski definition) is 3. The Hall–Kier alpha value is -1.78. The molecule has 1 saturated carbocycles. The van der Waals surface area contributed by atoms with Gasteiger partial charge in [0.25, 0.3) is 0 Å². The molecule has 1 aromatic heterocycles. The van der Waals surface area contributed by atoms with E-state index in [9.17, 15) is 9.59 Å². The van der Waals surface area contributed by atoms with Crippen molar-refractivity contribution in [3.8, 4) is 0 Å². The van der Waals surface area contributed by atoms with E-state index in [0.29, 0.717) is 12.3 Å². The van der Waals surface area contributed by atoms with Crippen molar-refractivity contribution in [3.05, 3.63) is 24.2 Å². The first-order chi connectivity index (χ1) is 10.1. The summed E-state index contributed by atoms with van der Waals surface area (Å²) in [5.74, 6) is 0.485. The minimum atomic E-state index is -0.123. The van der Waals surface area contributed by atoms with Gasteiger partial charge in [-0.1, -0.05) is 25.7 Å². The fraction of sp³-hybridized carbons (Fsp3) is 0.625. The summed E-state index contributed by atoms with van der Waals surface area (Å²) in [6.45, 7) is 1.90. The molecule has 0 spiro atoms. The number of furan rings is 1. The molecule has 0 unspecified atom stereocenters. The Balaban J connectivity index is 1.84. The van der Waals surface area contributed by atoms with Crippen molar-refractivity contribution in [2.75, 3.05) is 6.54 Å². The minimum absolute atomic E-state index is 0.0799. The normalized spacial score (nSPS) is 16.2. The maximum Gasteiger partial charge on any atom is 0.239 e. The maximum atomic E-state index is 12.1. The van der Waals surface area contributed by atoms with E-state index >= 15 is 0 Å². The van der Waals surface area contributed by atoms with Gasteiger partial charge >= 0.3 is 0 Å². The zero-order valence-corrected chi connectivity index (χ0v) is 12.6. The smallest absolute Gasteiger partial charge is 0.239 e. The van der Waals surface area contributed by atoms with Crippen molar-refractivity contribution in [3.63, 3.8) is 0 Å². The predicted octanol–water partition coefficient (Wildman–Crippen LogP) is 2.47. The molecule has 116 valence electrons. The molecule has 1 N–H and O–H groups in total. The highest BCUT2D eigenvalue weighted by atomic mass is 16.3. The fourth-order valence-electron chi connectivity index (χ4n) is 2.74. The lowest BCUT2D eigenvalue weighted by atomic mass is 10.1. The van der Waals surface area contributed by atoms with Gasteiger partial charge in [0.15, 0.2) is 0 Å². The Labute approximate surface area is 125 Å². The van der Waals surface area contributed by atoms with Crippen molar-refractivity contribution in [1.82, 2.24) is 10.2 Å². The van der Waals surface area contributed by atoms with Crippen LogP contribution in [-0.4, -0.2) is 29.3 Å². The molecule has 1 aliphatic rings. The van der Waals surface area contributed by atoms with E-state index in [-0.39, 0.29) is 24.4 Å². The highest BCUT2D eigenvalue weighted by Gasteiger charge is 2.19. The number of carbonyl (C=O) groups is 2. The monoisotopic (exact) mass is 292 g/mol. The van der Waals surface area contributed by atoms with Gasteiger partial charge in [0.05, 0.1) is 19.4 Å². The number of nitrogens with one attached hydrogen (secondary N) is 1. The second-order valence-corrected chi connectivity index (χ2v) is 5.71. The van der Waals surface area contributed by atoms with E-state index < -0.39 is 0 Å². The third-order valence-corrected chi connectivity index (χ3v) is 3.93. The van der Waals surface area contributed by atoms with Crippen molar-refractivity contribution in [1.29, 1.82) is 0 Å². The molecule has 1 aliphatic carbocycles. The summed E-state index contributed by atoms with van der Waals surface area (Å²) in [7, 11) is 0. The Kier molecular flexibility index (Phi) is 5.84. The van der Waals surface area contributed by atoms with Gasteiger partial charge in [-0.15, -0.1) is 0 Å². The third kappa shape index (κ3) is 5.25. The van der Waals surface area contributed by atoms with Gasteiger partial charge in [0.1, 0.15) is 5.76 Å². The molecule has 21 heavy (non-hydrogen) atoms. The Morgan fingerprint density at radius 1 is 1.29 bits per heavy atom. The average molecular weight is 292 g/mol. The van der Waals surface area contributed by atoms with E-state index in [1.165, 1.54) is 37.5 Å². The van der Waals surface area contributed by atoms with Crippen LogP contribution in [0.1, 0.15) is 51.2 Å². The second kappa shape index (κ2) is 7.86. The van der Waals surface area contributed by atoms with Crippen LogP contribution in [0.25, 0.3) is 0 Å². The minimum Gasteiger partial charge on any atom is -0.467 e. The highest BCUT2D eigenvalue weighted by Crippen LogP contribution is 2.17. The van der Waals surface area contributed by atoms with Crippen molar-refractivity contribution in [2.24, 2.45) is 0 Å². The first kappa shape index (κ1) is 15.6. The van der Waals surface area contributed by atoms with E-state index in [4.69, 9.17) is 4.42 Å². The molecule has 1 fully saturated rings. The second-order valence-electron chi connectivity index (χ2n) is 5.71. The zero-order valence-electron chi connectivity index (χ0n) is 12.6. The lowest BCUT2D eigenvalue weighted by Gasteiger charge is -2.22. The summed E-state index contributed by atoms with van der Waals surface area (Å²) in [6, 6.07) is 3.84. The van der Waals surface area contributed by atoms with Crippen LogP contribution in [0.5, 0.6) is 0 Å². The van der Waals surface area contributed by atoms with Crippen LogP contribution < -0.4 is 5.32 Å². The summed E-state index contributed by atoms with van der Waals surface area (Å²) in [5, 5.41) is 3.06. The molecule has 0 saturated heterocycles. The molecule has 0 aromatic carbocycles. The van der Waals surface area contributed by atoms with E-state index in [1.54, 1.807) is 18.4 Å². The number of hydrogen-bond donors (Lipinski definition) is 1. The summed E-state index contributed by atoms with van der Waals surface area (Å²) >= 11 is 0. The summed E-state index contributed by atoms with van der Waals surface area (Å²) < 4.78 is 5.24. The zero-order chi connectivity index (χ0) is 15.1. The highest BCUT2D eigenvalue weighted by molar-refractivity contribution is 5.83. The molecule has 1 aromatic rings.